The number of carbonyl (C=O) groups is 2. The van der Waals surface area contributed by atoms with Crippen molar-refractivity contribution in [2.45, 2.75) is 6.18 Å². The molecule has 0 bridgehead atoms. The summed E-state index contributed by atoms with van der Waals surface area (Å²) in [5, 5.41) is 5.32. The molecule has 154 valence electrons. The Morgan fingerprint density at radius 3 is 1.87 bits per heavy atom. The minimum atomic E-state index is -4.46. The van der Waals surface area contributed by atoms with Crippen LogP contribution in [0.4, 0.5) is 24.5 Å². The molecular weight excluding hydrogens is 397 g/mol. The van der Waals surface area contributed by atoms with Gasteiger partial charge in [-0.2, -0.15) is 13.2 Å². The number of methoxy groups -OCH3 is 1. The van der Waals surface area contributed by atoms with Crippen molar-refractivity contribution >= 4 is 23.2 Å². The first-order valence-corrected chi connectivity index (χ1v) is 8.81. The zero-order valence-corrected chi connectivity index (χ0v) is 15.8. The van der Waals surface area contributed by atoms with Gasteiger partial charge < -0.3 is 15.4 Å². The molecule has 0 heterocycles. The van der Waals surface area contributed by atoms with Gasteiger partial charge in [-0.15, -0.1) is 0 Å². The van der Waals surface area contributed by atoms with Crippen molar-refractivity contribution in [1.29, 1.82) is 0 Å². The smallest absolute Gasteiger partial charge is 0.416 e. The van der Waals surface area contributed by atoms with Crippen molar-refractivity contribution < 1.29 is 27.5 Å². The van der Waals surface area contributed by atoms with Crippen LogP contribution in [0.15, 0.2) is 72.8 Å². The molecule has 3 aromatic rings. The average Bonchev–Trinajstić information content (AvgIpc) is 2.74. The van der Waals surface area contributed by atoms with Gasteiger partial charge in [-0.25, -0.2) is 0 Å². The summed E-state index contributed by atoms with van der Waals surface area (Å²) < 4.78 is 43.0. The summed E-state index contributed by atoms with van der Waals surface area (Å²) >= 11 is 0. The van der Waals surface area contributed by atoms with Gasteiger partial charge in [0.15, 0.2) is 0 Å². The number of carbonyl (C=O) groups excluding carboxylic acids is 2. The Hall–Kier alpha value is -3.81. The summed E-state index contributed by atoms with van der Waals surface area (Å²) in [7, 11) is 1.50. The topological polar surface area (TPSA) is 67.4 Å². The molecule has 0 saturated heterocycles. The number of hydrogen-bond acceptors (Lipinski definition) is 3. The van der Waals surface area contributed by atoms with Gasteiger partial charge in [0, 0.05) is 16.8 Å². The van der Waals surface area contributed by atoms with Crippen LogP contribution in [0.5, 0.6) is 5.75 Å². The summed E-state index contributed by atoms with van der Waals surface area (Å²) in [6.45, 7) is 0. The quantitative estimate of drug-likeness (QED) is 0.602. The Bertz CT molecular complexity index is 1050. The van der Waals surface area contributed by atoms with E-state index in [1.165, 1.54) is 31.4 Å². The van der Waals surface area contributed by atoms with E-state index in [-0.39, 0.29) is 11.5 Å². The summed E-state index contributed by atoms with van der Waals surface area (Å²) in [6, 6.07) is 17.0. The standard InChI is InChI=1S/C22H17F3N2O3/c1-30-19-5-3-2-4-18(19)27-21(29)15-8-12-17(13-9-15)26-20(28)14-6-10-16(11-7-14)22(23,24)25/h2-13H,1H3,(H,26,28)(H,27,29). The zero-order valence-electron chi connectivity index (χ0n) is 15.8. The van der Waals surface area contributed by atoms with E-state index in [0.717, 1.165) is 24.3 Å². The lowest BCUT2D eigenvalue weighted by Crippen LogP contribution is -2.14. The van der Waals surface area contributed by atoms with Gasteiger partial charge in [-0.3, -0.25) is 9.59 Å². The first-order chi connectivity index (χ1) is 14.3. The molecule has 0 fully saturated rings. The minimum absolute atomic E-state index is 0.0843. The normalized spacial score (nSPS) is 10.9. The molecule has 0 radical (unpaired) electrons. The number of anilines is 2. The van der Waals surface area contributed by atoms with Crippen molar-refractivity contribution in [2.75, 3.05) is 17.7 Å². The van der Waals surface area contributed by atoms with Gasteiger partial charge in [-0.1, -0.05) is 12.1 Å². The fraction of sp³-hybridized carbons (Fsp3) is 0.0909. The van der Waals surface area contributed by atoms with Crippen LogP contribution in [0.25, 0.3) is 0 Å². The Morgan fingerprint density at radius 2 is 1.30 bits per heavy atom. The molecule has 5 nitrogen and oxygen atoms in total. The maximum Gasteiger partial charge on any atom is 0.416 e. The van der Waals surface area contributed by atoms with Crippen LogP contribution in [0.2, 0.25) is 0 Å². The highest BCUT2D eigenvalue weighted by Crippen LogP contribution is 2.29. The van der Waals surface area contributed by atoms with Crippen molar-refractivity contribution in [1.82, 2.24) is 0 Å². The fourth-order valence-electron chi connectivity index (χ4n) is 2.66. The van der Waals surface area contributed by atoms with E-state index in [2.05, 4.69) is 10.6 Å². The highest BCUT2D eigenvalue weighted by Gasteiger charge is 2.30. The van der Waals surface area contributed by atoms with E-state index >= 15 is 0 Å². The largest absolute Gasteiger partial charge is 0.495 e. The van der Waals surface area contributed by atoms with Gasteiger partial charge in [0.05, 0.1) is 18.4 Å². The van der Waals surface area contributed by atoms with Gasteiger partial charge >= 0.3 is 6.18 Å². The highest BCUT2D eigenvalue weighted by molar-refractivity contribution is 6.06. The number of para-hydroxylation sites is 2. The van der Waals surface area contributed by atoms with Crippen molar-refractivity contribution in [3.05, 3.63) is 89.5 Å². The maximum atomic E-state index is 12.6. The Balaban J connectivity index is 1.65. The highest BCUT2D eigenvalue weighted by atomic mass is 19.4. The lowest BCUT2D eigenvalue weighted by molar-refractivity contribution is -0.137. The Labute approximate surface area is 170 Å². The molecule has 30 heavy (non-hydrogen) atoms. The van der Waals surface area contributed by atoms with E-state index in [1.807, 2.05) is 0 Å². The fourth-order valence-corrected chi connectivity index (χ4v) is 2.66. The zero-order chi connectivity index (χ0) is 21.7. The molecule has 0 aliphatic rings. The van der Waals surface area contributed by atoms with E-state index in [1.54, 1.807) is 24.3 Å². The van der Waals surface area contributed by atoms with E-state index in [4.69, 9.17) is 4.74 Å². The number of hydrogen-bond donors (Lipinski definition) is 2. The average molecular weight is 414 g/mol. The molecule has 8 heteroatoms. The predicted octanol–water partition coefficient (Wildman–Crippen LogP) is 5.22. The van der Waals surface area contributed by atoms with Crippen LogP contribution >= 0.6 is 0 Å². The Morgan fingerprint density at radius 1 is 0.767 bits per heavy atom. The van der Waals surface area contributed by atoms with Crippen LogP contribution in [-0.4, -0.2) is 18.9 Å². The molecule has 0 aliphatic heterocycles. The predicted molar refractivity (Wildman–Crippen MR) is 107 cm³/mol. The van der Waals surface area contributed by atoms with Gasteiger partial charge in [0.25, 0.3) is 11.8 Å². The first kappa shape index (κ1) is 20.9. The second-order valence-corrected chi connectivity index (χ2v) is 6.26. The molecule has 3 aromatic carbocycles. The first-order valence-electron chi connectivity index (χ1n) is 8.81. The second-order valence-electron chi connectivity index (χ2n) is 6.26. The summed E-state index contributed by atoms with van der Waals surface area (Å²) in [5.41, 5.74) is 0.525. The van der Waals surface area contributed by atoms with Gasteiger partial charge in [0.1, 0.15) is 5.75 Å². The van der Waals surface area contributed by atoms with E-state index in [0.29, 0.717) is 22.7 Å². The number of alkyl halides is 3. The van der Waals surface area contributed by atoms with Gasteiger partial charge in [0.2, 0.25) is 0 Å². The molecular formula is C22H17F3N2O3. The molecule has 0 spiro atoms. The second kappa shape index (κ2) is 8.69. The molecule has 0 saturated carbocycles. The van der Waals surface area contributed by atoms with Crippen molar-refractivity contribution in [3.8, 4) is 5.75 Å². The number of rotatable bonds is 5. The molecule has 0 aliphatic carbocycles. The lowest BCUT2D eigenvalue weighted by Gasteiger charge is -2.11. The number of halogens is 3. The van der Waals surface area contributed by atoms with Crippen LogP contribution in [0.3, 0.4) is 0 Å². The van der Waals surface area contributed by atoms with Gasteiger partial charge in [-0.05, 0) is 60.7 Å². The monoisotopic (exact) mass is 414 g/mol. The van der Waals surface area contributed by atoms with Crippen LogP contribution in [-0.2, 0) is 6.18 Å². The molecule has 2 amide bonds. The van der Waals surface area contributed by atoms with E-state index < -0.39 is 17.6 Å². The Kier molecular flexibility index (Phi) is 6.06. The number of ether oxygens (including phenoxy) is 1. The SMILES string of the molecule is COc1ccccc1NC(=O)c1ccc(NC(=O)c2ccc(C(F)(F)F)cc2)cc1. The minimum Gasteiger partial charge on any atom is -0.495 e. The summed E-state index contributed by atoms with van der Waals surface area (Å²) in [4.78, 5) is 24.6. The molecule has 0 atom stereocenters. The third-order valence-corrected chi connectivity index (χ3v) is 4.23. The number of benzene rings is 3. The van der Waals surface area contributed by atoms with Crippen LogP contribution in [0.1, 0.15) is 26.3 Å². The van der Waals surface area contributed by atoms with Crippen molar-refractivity contribution in [2.24, 2.45) is 0 Å². The molecule has 3 rings (SSSR count). The number of nitrogens with one attached hydrogen (secondary N) is 2. The summed E-state index contributed by atoms with van der Waals surface area (Å²) in [5.74, 6) is -0.402. The van der Waals surface area contributed by atoms with Crippen LogP contribution in [0, 0.1) is 0 Å². The third-order valence-electron chi connectivity index (χ3n) is 4.23. The van der Waals surface area contributed by atoms with E-state index in [9.17, 15) is 22.8 Å². The molecule has 0 aromatic heterocycles. The molecule has 0 unspecified atom stereocenters. The maximum absolute atomic E-state index is 12.6. The van der Waals surface area contributed by atoms with Crippen molar-refractivity contribution in [3.63, 3.8) is 0 Å². The number of amides is 2. The summed E-state index contributed by atoms with van der Waals surface area (Å²) in [6.07, 6.45) is -4.46. The van der Waals surface area contributed by atoms with Crippen LogP contribution < -0.4 is 15.4 Å². The third kappa shape index (κ3) is 4.96. The molecule has 2 N–H and O–H groups in total. The lowest BCUT2D eigenvalue weighted by atomic mass is 10.1.